The Hall–Kier alpha value is -13.8. The summed E-state index contributed by atoms with van der Waals surface area (Å²) in [7, 11) is 0. The summed E-state index contributed by atoms with van der Waals surface area (Å²) in [6, 6.07) is 149. The minimum atomic E-state index is -0.355. The highest BCUT2D eigenvalue weighted by molar-refractivity contribution is 7.00. The van der Waals surface area contributed by atoms with E-state index in [0.29, 0.717) is 0 Å². The lowest BCUT2D eigenvalue weighted by Gasteiger charge is -2.47. The van der Waals surface area contributed by atoms with Crippen LogP contribution in [0.25, 0.3) is 139 Å². The van der Waals surface area contributed by atoms with Gasteiger partial charge in [0.25, 0.3) is 6.71 Å². The van der Waals surface area contributed by atoms with E-state index in [2.05, 4.69) is 471 Å². The van der Waals surface area contributed by atoms with E-state index in [1.807, 2.05) is 0 Å². The monoisotopic (exact) mass is 1510 g/mol. The van der Waals surface area contributed by atoms with Crippen LogP contribution in [0.4, 0.5) is 34.1 Å². The molecule has 0 fully saturated rings. The fraction of sp³-hybridized carbons (Fsp3) is 0.105. The molecule has 0 aliphatic carbocycles. The Morgan fingerprint density at radius 2 is 0.492 bits per heavy atom. The maximum Gasteiger partial charge on any atom is 0.252 e. The Labute approximate surface area is 695 Å². The molecule has 0 saturated heterocycles. The summed E-state index contributed by atoms with van der Waals surface area (Å²) in [4.78, 5) is 5.48. The summed E-state index contributed by atoms with van der Waals surface area (Å²) >= 11 is 0. The zero-order valence-electron chi connectivity index (χ0n) is 68.4. The van der Waals surface area contributed by atoms with Gasteiger partial charge in [0, 0.05) is 61.5 Å². The lowest BCUT2D eigenvalue weighted by atomic mass is 9.33. The molecule has 0 spiro atoms. The SMILES string of the molecule is CC(C)(C)c1cc(-c2ccc(-c3ccccc3)cc2)c(N2c3ccc(-c4cc(-c5ccccc5)cc(-c5ccccc5)c4)cc3B3c4ccc(-c5ccc(-n6c7ccccc7c7ccccc76)cc5)cc4N(c4c(-c5ccccc5)cc(C(C)(C)C)cc4-c4ccccc4)c4cc(C(C)(C)C)cc2c43)c(-c2ccc(-c3ccccc3)cc2)c1. The summed E-state index contributed by atoms with van der Waals surface area (Å²) in [5.74, 6) is 0. The predicted molar refractivity (Wildman–Crippen MR) is 505 cm³/mol. The predicted octanol–water partition coefficient (Wildman–Crippen LogP) is 29.4. The average Bonchev–Trinajstić information content (AvgIpc) is 0.804. The third-order valence-corrected chi connectivity index (χ3v) is 24.6. The van der Waals surface area contributed by atoms with Gasteiger partial charge >= 0.3 is 0 Å². The largest absolute Gasteiger partial charge is 0.310 e. The number of nitrogens with zero attached hydrogens (tertiary/aromatic N) is 3. The summed E-state index contributed by atoms with van der Waals surface area (Å²) in [5, 5.41) is 2.49. The maximum atomic E-state index is 2.74. The van der Waals surface area contributed by atoms with E-state index in [1.165, 1.54) is 99.4 Å². The number of anilines is 6. The van der Waals surface area contributed by atoms with Crippen molar-refractivity contribution in [2.24, 2.45) is 0 Å². The summed E-state index contributed by atoms with van der Waals surface area (Å²) in [5.41, 5.74) is 40.0. The van der Waals surface area contributed by atoms with Crippen LogP contribution in [0, 0.1) is 0 Å². The summed E-state index contributed by atoms with van der Waals surface area (Å²) in [6.45, 7) is 21.1. The molecule has 0 bridgehead atoms. The normalized spacial score (nSPS) is 12.6. The van der Waals surface area contributed by atoms with E-state index >= 15 is 0 Å². The van der Waals surface area contributed by atoms with Crippen molar-refractivity contribution in [1.82, 2.24) is 4.57 Å². The standard InChI is InChI=1S/C114H92BN3/c1-112(2,3)91-69-97(82-40-24-14-25-41-82)111(98(70-91)83-42-26-15-27-43-83)118-106-68-87(81-56-60-94(61-57-81)116-103-46-30-28-44-95(103)96-45-29-31-47-104(96)116)58-62-101(106)115-102-67-86(90-65-88(77-36-20-12-21-37-77)64-89(66-90)78-38-22-13-23-39-78)59-63-105(102)117(107-73-93(114(7,8)9)74-108(118)109(107)115)110-99(84-52-48-79(49-53-84)75-32-16-10-17-33-75)71-92(113(4,5)6)72-100(110)85-54-50-80(51-55-85)76-34-18-11-19-35-76/h10-74H,1-9H3. The second kappa shape index (κ2) is 29.2. The molecule has 118 heavy (non-hydrogen) atoms. The van der Waals surface area contributed by atoms with Crippen LogP contribution in [-0.2, 0) is 16.2 Å². The highest BCUT2D eigenvalue weighted by atomic mass is 15.2. The van der Waals surface area contributed by atoms with E-state index in [1.54, 1.807) is 0 Å². The van der Waals surface area contributed by atoms with Crippen molar-refractivity contribution in [1.29, 1.82) is 0 Å². The maximum absolute atomic E-state index is 2.74. The molecule has 2 aliphatic rings. The Kier molecular flexibility index (Phi) is 18.1. The van der Waals surface area contributed by atoms with Gasteiger partial charge in [-0.2, -0.15) is 0 Å². The molecule has 0 unspecified atom stereocenters. The molecule has 3 heterocycles. The quantitative estimate of drug-likeness (QED) is 0.107. The molecule has 3 nitrogen and oxygen atoms in total. The van der Waals surface area contributed by atoms with E-state index < -0.39 is 0 Å². The van der Waals surface area contributed by atoms with Gasteiger partial charge in [-0.25, -0.2) is 0 Å². The van der Waals surface area contributed by atoms with Gasteiger partial charge in [-0.05, 0) is 229 Å². The van der Waals surface area contributed by atoms with Crippen LogP contribution in [0.15, 0.2) is 394 Å². The van der Waals surface area contributed by atoms with E-state index in [9.17, 15) is 0 Å². The number of rotatable bonds is 13. The molecule has 0 atom stereocenters. The molecule has 18 aromatic rings. The Bertz CT molecular complexity index is 6570. The van der Waals surface area contributed by atoms with Crippen LogP contribution >= 0.6 is 0 Å². The number of benzene rings is 17. The number of hydrogen-bond donors (Lipinski definition) is 0. The van der Waals surface area contributed by atoms with Crippen LogP contribution in [0.3, 0.4) is 0 Å². The molecule has 0 radical (unpaired) electrons. The van der Waals surface area contributed by atoms with Gasteiger partial charge in [0.15, 0.2) is 0 Å². The van der Waals surface area contributed by atoms with Crippen LogP contribution in [0.5, 0.6) is 0 Å². The minimum absolute atomic E-state index is 0.216. The molecule has 1 aromatic heterocycles. The zero-order chi connectivity index (χ0) is 80.1. The van der Waals surface area contributed by atoms with Gasteiger partial charge in [-0.1, -0.05) is 366 Å². The van der Waals surface area contributed by atoms with E-state index in [0.717, 1.165) is 107 Å². The van der Waals surface area contributed by atoms with Crippen LogP contribution in [0.1, 0.15) is 79.0 Å². The zero-order valence-corrected chi connectivity index (χ0v) is 68.4. The molecular formula is C114H92BN3. The van der Waals surface area contributed by atoms with Crippen molar-refractivity contribution in [2.45, 2.75) is 78.6 Å². The highest BCUT2D eigenvalue weighted by Gasteiger charge is 2.47. The molecule has 566 valence electrons. The van der Waals surface area contributed by atoms with Crippen molar-refractivity contribution in [3.63, 3.8) is 0 Å². The average molecular weight is 1510 g/mol. The van der Waals surface area contributed by atoms with Gasteiger partial charge in [0.05, 0.1) is 22.4 Å². The van der Waals surface area contributed by atoms with Crippen LogP contribution in [0.2, 0.25) is 0 Å². The first-order valence-electron chi connectivity index (χ1n) is 41.6. The van der Waals surface area contributed by atoms with Gasteiger partial charge in [-0.3, -0.25) is 0 Å². The molecule has 0 saturated carbocycles. The molecule has 0 N–H and O–H groups in total. The van der Waals surface area contributed by atoms with Gasteiger partial charge in [0.1, 0.15) is 0 Å². The first-order valence-corrected chi connectivity index (χ1v) is 41.6. The number of hydrogen-bond acceptors (Lipinski definition) is 2. The Morgan fingerprint density at radius 1 is 0.203 bits per heavy atom. The van der Waals surface area contributed by atoms with Gasteiger partial charge in [-0.15, -0.1) is 0 Å². The van der Waals surface area contributed by atoms with Crippen molar-refractivity contribution in [3.8, 4) is 117 Å². The van der Waals surface area contributed by atoms with Crippen molar-refractivity contribution < 1.29 is 0 Å². The molecule has 0 amide bonds. The Morgan fingerprint density at radius 3 is 0.898 bits per heavy atom. The van der Waals surface area contributed by atoms with E-state index in [-0.39, 0.29) is 23.0 Å². The summed E-state index contributed by atoms with van der Waals surface area (Å²) < 4.78 is 2.42. The lowest BCUT2D eigenvalue weighted by Crippen LogP contribution is -2.61. The molecule has 2 aliphatic heterocycles. The first kappa shape index (κ1) is 73.1. The first-order chi connectivity index (χ1) is 57.4. The Balaban J connectivity index is 0.923. The fourth-order valence-corrected chi connectivity index (χ4v) is 18.3. The van der Waals surface area contributed by atoms with Gasteiger partial charge < -0.3 is 14.4 Å². The molecule has 4 heteroatoms. The van der Waals surface area contributed by atoms with Crippen molar-refractivity contribution in [3.05, 3.63) is 411 Å². The number of para-hydroxylation sites is 2. The smallest absolute Gasteiger partial charge is 0.252 e. The minimum Gasteiger partial charge on any atom is -0.310 e. The van der Waals surface area contributed by atoms with Crippen molar-refractivity contribution in [2.75, 3.05) is 9.80 Å². The molecular weight excluding hydrogens is 1420 g/mol. The van der Waals surface area contributed by atoms with E-state index in [4.69, 9.17) is 0 Å². The second-order valence-corrected chi connectivity index (χ2v) is 35.2. The van der Waals surface area contributed by atoms with Gasteiger partial charge in [0.2, 0.25) is 0 Å². The third kappa shape index (κ3) is 13.1. The van der Waals surface area contributed by atoms with Crippen LogP contribution < -0.4 is 26.2 Å². The number of fused-ring (bicyclic) bond motifs is 7. The second-order valence-electron chi connectivity index (χ2n) is 35.2. The molecule has 17 aromatic carbocycles. The summed E-state index contributed by atoms with van der Waals surface area (Å²) in [6.07, 6.45) is 0. The van der Waals surface area contributed by atoms with Crippen LogP contribution in [-0.4, -0.2) is 11.3 Å². The highest BCUT2D eigenvalue weighted by Crippen LogP contribution is 2.56. The third-order valence-electron chi connectivity index (χ3n) is 24.6. The lowest BCUT2D eigenvalue weighted by molar-refractivity contribution is 0.590. The fourth-order valence-electron chi connectivity index (χ4n) is 18.3. The number of aromatic nitrogens is 1. The molecule has 20 rings (SSSR count). The van der Waals surface area contributed by atoms with Crippen molar-refractivity contribution >= 4 is 79.0 Å². The topological polar surface area (TPSA) is 11.4 Å².